The number of benzene rings is 1. The first-order chi connectivity index (χ1) is 9.98. The van der Waals surface area contributed by atoms with E-state index in [2.05, 4.69) is 30.8 Å². The Morgan fingerprint density at radius 3 is 2.29 bits per heavy atom. The zero-order valence-corrected chi connectivity index (χ0v) is 14.4. The van der Waals surface area contributed by atoms with Crippen molar-refractivity contribution in [2.75, 3.05) is 13.6 Å². The molecule has 0 aliphatic rings. The maximum absolute atomic E-state index is 12.4. The van der Waals surface area contributed by atoms with Crippen molar-refractivity contribution in [1.82, 2.24) is 10.0 Å². The van der Waals surface area contributed by atoms with Crippen LogP contribution in [0.2, 0.25) is 0 Å². The molecule has 0 saturated carbocycles. The van der Waals surface area contributed by atoms with Gasteiger partial charge in [0.25, 0.3) is 0 Å². The van der Waals surface area contributed by atoms with Crippen molar-refractivity contribution in [2.45, 2.75) is 51.5 Å². The molecule has 1 aromatic rings. The van der Waals surface area contributed by atoms with E-state index < -0.39 is 10.0 Å². The van der Waals surface area contributed by atoms with Gasteiger partial charge in [0.1, 0.15) is 0 Å². The van der Waals surface area contributed by atoms with Crippen molar-refractivity contribution in [1.29, 1.82) is 0 Å². The van der Waals surface area contributed by atoms with Crippen LogP contribution in [0, 0.1) is 5.92 Å². The van der Waals surface area contributed by atoms with E-state index in [1.165, 1.54) is 5.56 Å². The van der Waals surface area contributed by atoms with Crippen LogP contribution >= 0.6 is 0 Å². The Hall–Kier alpha value is -0.910. The molecule has 0 bridgehead atoms. The van der Waals surface area contributed by atoms with Crippen LogP contribution in [0.3, 0.4) is 0 Å². The maximum Gasteiger partial charge on any atom is 0.240 e. The summed E-state index contributed by atoms with van der Waals surface area (Å²) in [7, 11) is -1.55. The Labute approximate surface area is 129 Å². The predicted octanol–water partition coefficient (Wildman–Crippen LogP) is 2.68. The van der Waals surface area contributed by atoms with Crippen molar-refractivity contribution in [3.63, 3.8) is 0 Å². The molecule has 0 unspecified atom stereocenters. The predicted molar refractivity (Wildman–Crippen MR) is 87.8 cm³/mol. The Morgan fingerprint density at radius 2 is 1.76 bits per heavy atom. The van der Waals surface area contributed by atoms with Gasteiger partial charge in [-0.3, -0.25) is 0 Å². The molecular formula is C16H28N2O2S. The number of aryl methyl sites for hydroxylation is 1. The van der Waals surface area contributed by atoms with Crippen LogP contribution in [-0.2, 0) is 23.0 Å². The molecular weight excluding hydrogens is 284 g/mol. The van der Waals surface area contributed by atoms with Gasteiger partial charge in [0, 0.05) is 13.1 Å². The lowest BCUT2D eigenvalue weighted by atomic mass is 10.0. The number of rotatable bonds is 9. The summed E-state index contributed by atoms with van der Waals surface area (Å²) in [4.78, 5) is 0.357. The molecule has 0 radical (unpaired) electrons. The van der Waals surface area contributed by atoms with Crippen LogP contribution in [-0.4, -0.2) is 22.0 Å². The third-order valence-corrected chi connectivity index (χ3v) is 5.37. The van der Waals surface area contributed by atoms with Crippen LogP contribution in [0.5, 0.6) is 0 Å². The topological polar surface area (TPSA) is 58.2 Å². The first kappa shape index (κ1) is 18.1. The normalized spacial score (nSPS) is 12.0. The quantitative estimate of drug-likeness (QED) is 0.737. The lowest BCUT2D eigenvalue weighted by molar-refractivity contribution is 0.479. The minimum Gasteiger partial charge on any atom is -0.316 e. The van der Waals surface area contributed by atoms with E-state index in [0.717, 1.165) is 24.8 Å². The molecule has 0 aliphatic heterocycles. The highest BCUT2D eigenvalue weighted by atomic mass is 32.2. The summed E-state index contributed by atoms with van der Waals surface area (Å²) in [5.41, 5.74) is 2.23. The second-order valence-electron chi connectivity index (χ2n) is 5.35. The Bertz CT molecular complexity index is 537. The second-order valence-corrected chi connectivity index (χ2v) is 7.12. The molecule has 0 saturated heterocycles. The van der Waals surface area contributed by atoms with Crippen molar-refractivity contribution in [3.8, 4) is 0 Å². The van der Waals surface area contributed by atoms with E-state index in [1.54, 1.807) is 12.1 Å². The molecule has 1 aromatic carbocycles. The zero-order valence-electron chi connectivity index (χ0n) is 13.6. The number of hydrogen-bond donors (Lipinski definition) is 2. The van der Waals surface area contributed by atoms with Gasteiger partial charge in [0.15, 0.2) is 0 Å². The van der Waals surface area contributed by atoms with E-state index in [4.69, 9.17) is 0 Å². The summed E-state index contributed by atoms with van der Waals surface area (Å²) >= 11 is 0. The standard InChI is InChI=1S/C16H28N2O2S/c1-5-13(6-2)11-18-21(19,20)16-9-8-14(7-3)15(10-16)12-17-4/h8-10,13,17-18H,5-7,11-12H2,1-4H3. The van der Waals surface area contributed by atoms with E-state index in [9.17, 15) is 8.42 Å². The monoisotopic (exact) mass is 312 g/mol. The highest BCUT2D eigenvalue weighted by molar-refractivity contribution is 7.89. The molecule has 0 amide bonds. The lowest BCUT2D eigenvalue weighted by Crippen LogP contribution is -2.29. The molecule has 4 nitrogen and oxygen atoms in total. The maximum atomic E-state index is 12.4. The molecule has 0 atom stereocenters. The van der Waals surface area contributed by atoms with Gasteiger partial charge < -0.3 is 5.32 Å². The first-order valence-electron chi connectivity index (χ1n) is 7.74. The Balaban J connectivity index is 2.95. The van der Waals surface area contributed by atoms with Gasteiger partial charge in [-0.05, 0) is 42.6 Å². The highest BCUT2D eigenvalue weighted by Crippen LogP contribution is 2.17. The summed E-state index contributed by atoms with van der Waals surface area (Å²) in [6.07, 6.45) is 2.87. The van der Waals surface area contributed by atoms with Gasteiger partial charge in [0.05, 0.1) is 4.90 Å². The average Bonchev–Trinajstić information content (AvgIpc) is 2.48. The first-order valence-corrected chi connectivity index (χ1v) is 9.22. The summed E-state index contributed by atoms with van der Waals surface area (Å²) in [5, 5.41) is 3.09. The molecule has 0 fully saturated rings. The molecule has 2 N–H and O–H groups in total. The van der Waals surface area contributed by atoms with Gasteiger partial charge >= 0.3 is 0 Å². The minimum absolute atomic E-state index is 0.357. The molecule has 0 spiro atoms. The van der Waals surface area contributed by atoms with Crippen molar-refractivity contribution in [2.24, 2.45) is 5.92 Å². The molecule has 0 heterocycles. The van der Waals surface area contributed by atoms with Crippen LogP contribution in [0.25, 0.3) is 0 Å². The summed E-state index contributed by atoms with van der Waals surface area (Å²) < 4.78 is 27.5. The fraction of sp³-hybridized carbons (Fsp3) is 0.625. The van der Waals surface area contributed by atoms with Gasteiger partial charge in [0.2, 0.25) is 10.0 Å². The lowest BCUT2D eigenvalue weighted by Gasteiger charge is -2.15. The molecule has 21 heavy (non-hydrogen) atoms. The van der Waals surface area contributed by atoms with Crippen LogP contribution in [0.15, 0.2) is 23.1 Å². The van der Waals surface area contributed by atoms with E-state index in [1.807, 2.05) is 13.1 Å². The fourth-order valence-electron chi connectivity index (χ4n) is 2.36. The van der Waals surface area contributed by atoms with Gasteiger partial charge in [-0.2, -0.15) is 0 Å². The number of sulfonamides is 1. The highest BCUT2D eigenvalue weighted by Gasteiger charge is 2.17. The van der Waals surface area contributed by atoms with Crippen LogP contribution < -0.4 is 10.0 Å². The van der Waals surface area contributed by atoms with Crippen molar-refractivity contribution < 1.29 is 8.42 Å². The molecule has 0 aromatic heterocycles. The van der Waals surface area contributed by atoms with E-state index in [-0.39, 0.29) is 0 Å². The average molecular weight is 312 g/mol. The smallest absolute Gasteiger partial charge is 0.240 e. The zero-order chi connectivity index (χ0) is 15.9. The fourth-order valence-corrected chi connectivity index (χ4v) is 3.52. The van der Waals surface area contributed by atoms with Crippen molar-refractivity contribution in [3.05, 3.63) is 29.3 Å². The Kier molecular flexibility index (Phi) is 7.35. The summed E-state index contributed by atoms with van der Waals surface area (Å²) in [6.45, 7) is 7.44. The van der Waals surface area contributed by atoms with E-state index in [0.29, 0.717) is 23.9 Å². The van der Waals surface area contributed by atoms with Gasteiger partial charge in [-0.15, -0.1) is 0 Å². The summed E-state index contributed by atoms with van der Waals surface area (Å²) in [6, 6.07) is 5.40. The van der Waals surface area contributed by atoms with Crippen LogP contribution in [0.4, 0.5) is 0 Å². The van der Waals surface area contributed by atoms with Gasteiger partial charge in [-0.1, -0.05) is 39.7 Å². The summed E-state index contributed by atoms with van der Waals surface area (Å²) in [5.74, 6) is 0.395. The molecule has 1 rings (SSSR count). The van der Waals surface area contributed by atoms with Gasteiger partial charge in [-0.25, -0.2) is 13.1 Å². The minimum atomic E-state index is -3.42. The SMILES string of the molecule is CCc1ccc(S(=O)(=O)NCC(CC)CC)cc1CNC. The molecule has 5 heteroatoms. The molecule has 120 valence electrons. The third kappa shape index (κ3) is 5.09. The second kappa shape index (κ2) is 8.51. The third-order valence-electron chi connectivity index (χ3n) is 3.95. The number of nitrogens with one attached hydrogen (secondary N) is 2. The van der Waals surface area contributed by atoms with Crippen molar-refractivity contribution >= 4 is 10.0 Å². The number of hydrogen-bond acceptors (Lipinski definition) is 3. The van der Waals surface area contributed by atoms with E-state index >= 15 is 0 Å². The molecule has 0 aliphatic carbocycles. The Morgan fingerprint density at radius 1 is 1.10 bits per heavy atom. The largest absolute Gasteiger partial charge is 0.316 e. The van der Waals surface area contributed by atoms with Crippen LogP contribution in [0.1, 0.15) is 44.7 Å².